The Labute approximate surface area is 171 Å². The van der Waals surface area contributed by atoms with Gasteiger partial charge in [0.1, 0.15) is 18.3 Å². The first-order valence-corrected chi connectivity index (χ1v) is 10.1. The molecular weight excluding hydrogens is 376 g/mol. The molecule has 0 aromatic carbocycles. The van der Waals surface area contributed by atoms with Crippen molar-refractivity contribution < 1.29 is 33.7 Å². The van der Waals surface area contributed by atoms with E-state index >= 15 is 0 Å². The van der Waals surface area contributed by atoms with Gasteiger partial charge in [-0.1, -0.05) is 26.5 Å². The number of ether oxygens (including phenoxy) is 3. The Bertz CT molecular complexity index is 769. The van der Waals surface area contributed by atoms with Gasteiger partial charge in [-0.2, -0.15) is 0 Å². The summed E-state index contributed by atoms with van der Waals surface area (Å²) in [6.45, 7) is 12.5. The van der Waals surface area contributed by atoms with Crippen LogP contribution in [0.5, 0.6) is 0 Å². The van der Waals surface area contributed by atoms with Crippen LogP contribution in [-0.2, 0) is 28.6 Å². The lowest BCUT2D eigenvalue weighted by Crippen LogP contribution is -2.51. The van der Waals surface area contributed by atoms with E-state index in [0.29, 0.717) is 12.0 Å². The molecular formula is C22H30O7. The predicted octanol–water partition coefficient (Wildman–Crippen LogP) is 2.32. The molecule has 0 unspecified atom stereocenters. The SMILES string of the molecule is C=C1C(=O)O[C@H]2C[C@@H](C)[C@@H]3[C@@H](OC(=O)/C(C)=C/C)C[C@@H](O)[C@@]3(C)[C@H](OC(C)=O)[C@H]12. The highest BCUT2D eigenvalue weighted by Gasteiger charge is 2.66. The van der Waals surface area contributed by atoms with Crippen molar-refractivity contribution in [3.63, 3.8) is 0 Å². The maximum Gasteiger partial charge on any atom is 0.334 e. The maximum absolute atomic E-state index is 12.4. The topological polar surface area (TPSA) is 99.1 Å². The zero-order valence-corrected chi connectivity index (χ0v) is 17.6. The van der Waals surface area contributed by atoms with Crippen molar-refractivity contribution in [1.82, 2.24) is 0 Å². The van der Waals surface area contributed by atoms with Crippen LogP contribution in [0.4, 0.5) is 0 Å². The zero-order valence-electron chi connectivity index (χ0n) is 17.6. The fourth-order valence-corrected chi connectivity index (χ4v) is 5.57. The molecule has 8 atom stereocenters. The summed E-state index contributed by atoms with van der Waals surface area (Å²) >= 11 is 0. The standard InChI is InChI=1S/C22H30O7/c1-7-10(2)20(25)29-15-9-16(24)22(6)18(15)11(3)8-14-17(12(4)21(26)28-14)19(22)27-13(5)23/h7,11,14-19,24H,4,8-9H2,1-3,5-6H3/b10-7+/t11-,14+,15+,16-,17-,18-,19-,22-/m1/s1. The molecule has 0 bridgehead atoms. The van der Waals surface area contributed by atoms with Crippen molar-refractivity contribution in [2.45, 2.75) is 71.9 Å². The zero-order chi connectivity index (χ0) is 21.7. The second kappa shape index (κ2) is 7.59. The van der Waals surface area contributed by atoms with Crippen LogP contribution in [0.2, 0.25) is 0 Å². The van der Waals surface area contributed by atoms with Crippen molar-refractivity contribution in [2.24, 2.45) is 23.2 Å². The van der Waals surface area contributed by atoms with Crippen LogP contribution in [0.3, 0.4) is 0 Å². The van der Waals surface area contributed by atoms with Gasteiger partial charge in [0.2, 0.25) is 0 Å². The lowest BCUT2D eigenvalue weighted by Gasteiger charge is -2.43. The van der Waals surface area contributed by atoms with Gasteiger partial charge in [-0.25, -0.2) is 9.59 Å². The number of aliphatic hydroxyl groups is 1. The van der Waals surface area contributed by atoms with Crippen molar-refractivity contribution in [3.8, 4) is 0 Å². The number of fused-ring (bicyclic) bond motifs is 2. The number of aliphatic hydroxyl groups excluding tert-OH is 1. The van der Waals surface area contributed by atoms with Crippen LogP contribution < -0.4 is 0 Å². The van der Waals surface area contributed by atoms with Gasteiger partial charge >= 0.3 is 17.9 Å². The fraction of sp³-hybridized carbons (Fsp3) is 0.682. The molecule has 160 valence electrons. The molecule has 0 amide bonds. The quantitative estimate of drug-likeness (QED) is 0.436. The second-order valence-corrected chi connectivity index (χ2v) is 8.80. The van der Waals surface area contributed by atoms with Gasteiger partial charge in [0.25, 0.3) is 0 Å². The van der Waals surface area contributed by atoms with Crippen molar-refractivity contribution in [2.75, 3.05) is 0 Å². The molecule has 29 heavy (non-hydrogen) atoms. The largest absolute Gasteiger partial charge is 0.461 e. The summed E-state index contributed by atoms with van der Waals surface area (Å²) in [5, 5.41) is 11.1. The molecule has 1 heterocycles. The Morgan fingerprint density at radius 3 is 2.52 bits per heavy atom. The normalized spacial score (nSPS) is 41.9. The molecule has 1 aliphatic heterocycles. The number of carbonyl (C=O) groups excluding carboxylic acids is 3. The number of rotatable bonds is 3. The van der Waals surface area contributed by atoms with E-state index in [1.807, 2.05) is 13.8 Å². The summed E-state index contributed by atoms with van der Waals surface area (Å²) in [5.74, 6) is -2.28. The van der Waals surface area contributed by atoms with Gasteiger partial charge in [-0.05, 0) is 26.2 Å². The highest BCUT2D eigenvalue weighted by Crippen LogP contribution is 2.58. The summed E-state index contributed by atoms with van der Waals surface area (Å²) in [6.07, 6.45) is -0.281. The lowest BCUT2D eigenvalue weighted by molar-refractivity contribution is -0.170. The van der Waals surface area contributed by atoms with Gasteiger partial charge in [0.15, 0.2) is 0 Å². The minimum Gasteiger partial charge on any atom is -0.461 e. The maximum atomic E-state index is 12.4. The highest BCUT2D eigenvalue weighted by molar-refractivity contribution is 5.91. The molecule has 0 spiro atoms. The molecule has 0 aromatic rings. The van der Waals surface area contributed by atoms with Gasteiger partial charge in [0, 0.05) is 35.8 Å². The summed E-state index contributed by atoms with van der Waals surface area (Å²) in [5.41, 5.74) is -0.172. The van der Waals surface area contributed by atoms with E-state index in [9.17, 15) is 19.5 Å². The van der Waals surface area contributed by atoms with E-state index in [2.05, 4.69) is 6.58 Å². The average molecular weight is 406 g/mol. The van der Waals surface area contributed by atoms with Crippen LogP contribution in [0.25, 0.3) is 0 Å². The molecule has 2 aliphatic carbocycles. The number of hydrogen-bond acceptors (Lipinski definition) is 7. The van der Waals surface area contributed by atoms with E-state index in [0.717, 1.165) is 0 Å². The van der Waals surface area contributed by atoms with Crippen LogP contribution in [-0.4, -0.2) is 47.4 Å². The molecule has 3 fully saturated rings. The van der Waals surface area contributed by atoms with E-state index in [-0.39, 0.29) is 23.8 Å². The number of carbonyl (C=O) groups is 3. The Kier molecular flexibility index (Phi) is 5.64. The molecule has 3 rings (SSSR count). The van der Waals surface area contributed by atoms with Crippen LogP contribution >= 0.6 is 0 Å². The smallest absolute Gasteiger partial charge is 0.334 e. The molecule has 3 aliphatic rings. The second-order valence-electron chi connectivity index (χ2n) is 8.80. The molecule has 7 nitrogen and oxygen atoms in total. The molecule has 0 radical (unpaired) electrons. The Hall–Kier alpha value is -2.15. The van der Waals surface area contributed by atoms with Crippen molar-refractivity contribution >= 4 is 17.9 Å². The molecule has 1 N–H and O–H groups in total. The summed E-state index contributed by atoms with van der Waals surface area (Å²) in [7, 11) is 0. The molecule has 0 aromatic heterocycles. The highest BCUT2D eigenvalue weighted by atomic mass is 16.6. The molecule has 7 heteroatoms. The Morgan fingerprint density at radius 2 is 1.93 bits per heavy atom. The van der Waals surface area contributed by atoms with Crippen molar-refractivity contribution in [1.29, 1.82) is 0 Å². The summed E-state index contributed by atoms with van der Waals surface area (Å²) in [6, 6.07) is 0. The molecule has 1 saturated heterocycles. The van der Waals surface area contributed by atoms with E-state index in [1.54, 1.807) is 19.9 Å². The van der Waals surface area contributed by atoms with Gasteiger partial charge in [-0.3, -0.25) is 4.79 Å². The third-order valence-corrected chi connectivity index (χ3v) is 7.08. The first-order valence-electron chi connectivity index (χ1n) is 10.1. The minimum absolute atomic E-state index is 0.0485. The first kappa shape index (κ1) is 21.6. The number of esters is 3. The van der Waals surface area contributed by atoms with Crippen LogP contribution in [0.15, 0.2) is 23.8 Å². The Morgan fingerprint density at radius 1 is 1.28 bits per heavy atom. The summed E-state index contributed by atoms with van der Waals surface area (Å²) in [4.78, 5) is 36.6. The van der Waals surface area contributed by atoms with Gasteiger partial charge < -0.3 is 19.3 Å². The Balaban J connectivity index is 2.05. The first-order chi connectivity index (χ1) is 13.5. The number of hydrogen-bond donors (Lipinski definition) is 1. The van der Waals surface area contributed by atoms with E-state index in [4.69, 9.17) is 14.2 Å². The lowest BCUT2D eigenvalue weighted by atomic mass is 9.66. The van der Waals surface area contributed by atoms with E-state index in [1.165, 1.54) is 6.92 Å². The van der Waals surface area contributed by atoms with Crippen LogP contribution in [0, 0.1) is 23.2 Å². The monoisotopic (exact) mass is 406 g/mol. The third kappa shape index (κ3) is 3.39. The van der Waals surface area contributed by atoms with Crippen LogP contribution in [0.1, 0.15) is 47.5 Å². The fourth-order valence-electron chi connectivity index (χ4n) is 5.57. The van der Waals surface area contributed by atoms with E-state index < -0.39 is 53.7 Å². The van der Waals surface area contributed by atoms with Gasteiger partial charge in [-0.15, -0.1) is 0 Å². The minimum atomic E-state index is -0.920. The predicted molar refractivity (Wildman–Crippen MR) is 103 cm³/mol. The number of allylic oxidation sites excluding steroid dienone is 1. The average Bonchev–Trinajstić information content (AvgIpc) is 3.02. The van der Waals surface area contributed by atoms with Crippen molar-refractivity contribution in [3.05, 3.63) is 23.8 Å². The summed E-state index contributed by atoms with van der Waals surface area (Å²) < 4.78 is 17.0. The third-order valence-electron chi connectivity index (χ3n) is 7.08. The van der Waals surface area contributed by atoms with Gasteiger partial charge in [0.05, 0.1) is 12.0 Å². The molecule has 2 saturated carbocycles.